The van der Waals surface area contributed by atoms with Gasteiger partial charge in [-0.05, 0) is 24.6 Å². The SMILES string of the molecule is Cc1cccc(CN2CCN(S(=O)(=O)c3ccc(F)c(F)c3F)CC2)c1. The molecule has 1 aliphatic rings. The summed E-state index contributed by atoms with van der Waals surface area (Å²) in [5.41, 5.74) is 2.28. The van der Waals surface area contributed by atoms with E-state index in [1.807, 2.05) is 25.1 Å². The molecule has 0 bridgehead atoms. The Morgan fingerprint density at radius 3 is 2.31 bits per heavy atom. The summed E-state index contributed by atoms with van der Waals surface area (Å²) in [6.07, 6.45) is 0. The van der Waals surface area contributed by atoms with E-state index in [4.69, 9.17) is 0 Å². The lowest BCUT2D eigenvalue weighted by Crippen LogP contribution is -2.48. The van der Waals surface area contributed by atoms with Crippen molar-refractivity contribution in [2.24, 2.45) is 0 Å². The van der Waals surface area contributed by atoms with Crippen molar-refractivity contribution >= 4 is 10.0 Å². The van der Waals surface area contributed by atoms with E-state index in [-0.39, 0.29) is 13.1 Å². The molecule has 3 rings (SSSR count). The van der Waals surface area contributed by atoms with Gasteiger partial charge in [-0.3, -0.25) is 4.90 Å². The fourth-order valence-electron chi connectivity index (χ4n) is 3.04. The molecular formula is C18H19F3N2O2S. The summed E-state index contributed by atoms with van der Waals surface area (Å²) in [4.78, 5) is 1.27. The van der Waals surface area contributed by atoms with Crippen LogP contribution < -0.4 is 0 Å². The minimum Gasteiger partial charge on any atom is -0.296 e. The van der Waals surface area contributed by atoms with E-state index in [1.165, 1.54) is 0 Å². The van der Waals surface area contributed by atoms with Crippen LogP contribution in [0, 0.1) is 24.4 Å². The molecule has 0 aliphatic carbocycles. The van der Waals surface area contributed by atoms with Crippen LogP contribution in [0.5, 0.6) is 0 Å². The second-order valence-corrected chi connectivity index (χ2v) is 8.25. The molecule has 1 saturated heterocycles. The second-order valence-electron chi connectivity index (χ2n) is 6.34. The van der Waals surface area contributed by atoms with Crippen molar-refractivity contribution in [3.63, 3.8) is 0 Å². The predicted molar refractivity (Wildman–Crippen MR) is 91.5 cm³/mol. The molecule has 0 spiro atoms. The van der Waals surface area contributed by atoms with Gasteiger partial charge in [0, 0.05) is 32.7 Å². The van der Waals surface area contributed by atoms with E-state index in [9.17, 15) is 21.6 Å². The molecular weight excluding hydrogens is 365 g/mol. The molecule has 2 aromatic carbocycles. The molecule has 1 heterocycles. The Morgan fingerprint density at radius 2 is 1.65 bits per heavy atom. The van der Waals surface area contributed by atoms with Gasteiger partial charge in [0.2, 0.25) is 10.0 Å². The Bertz CT molecular complexity index is 911. The number of halogens is 3. The monoisotopic (exact) mass is 384 g/mol. The molecule has 8 heteroatoms. The van der Waals surface area contributed by atoms with E-state index in [1.54, 1.807) is 0 Å². The van der Waals surface area contributed by atoms with Crippen LogP contribution in [0.1, 0.15) is 11.1 Å². The van der Waals surface area contributed by atoms with Crippen molar-refractivity contribution in [3.05, 3.63) is 65.0 Å². The van der Waals surface area contributed by atoms with E-state index >= 15 is 0 Å². The maximum Gasteiger partial charge on any atom is 0.246 e. The standard InChI is InChI=1S/C18H19F3N2O2S/c1-13-3-2-4-14(11-13)12-22-7-9-23(10-8-22)26(24,25)16-6-5-15(19)17(20)18(16)21/h2-6,11H,7-10,12H2,1H3. The fourth-order valence-corrected chi connectivity index (χ4v) is 4.52. The van der Waals surface area contributed by atoms with Crippen molar-refractivity contribution in [1.82, 2.24) is 9.21 Å². The first-order chi connectivity index (χ1) is 12.3. The number of piperazine rings is 1. The van der Waals surface area contributed by atoms with Crippen LogP contribution in [0.3, 0.4) is 0 Å². The normalized spacial score (nSPS) is 16.8. The minimum absolute atomic E-state index is 0.159. The lowest BCUT2D eigenvalue weighted by molar-refractivity contribution is 0.181. The molecule has 4 nitrogen and oxygen atoms in total. The summed E-state index contributed by atoms with van der Waals surface area (Å²) in [5.74, 6) is -4.86. The third kappa shape index (κ3) is 3.77. The summed E-state index contributed by atoms with van der Waals surface area (Å²) < 4.78 is 66.5. The van der Waals surface area contributed by atoms with E-state index in [2.05, 4.69) is 11.0 Å². The largest absolute Gasteiger partial charge is 0.296 e. The summed E-state index contributed by atoms with van der Waals surface area (Å²) in [5, 5.41) is 0. The van der Waals surface area contributed by atoms with Crippen molar-refractivity contribution in [2.75, 3.05) is 26.2 Å². The Kier molecular flexibility index (Phi) is 5.36. The Labute approximate surface area is 150 Å². The van der Waals surface area contributed by atoms with Crippen LogP contribution in [0.2, 0.25) is 0 Å². The lowest BCUT2D eigenvalue weighted by atomic mass is 10.1. The van der Waals surface area contributed by atoms with Gasteiger partial charge in [-0.2, -0.15) is 4.31 Å². The topological polar surface area (TPSA) is 40.6 Å². The average molecular weight is 384 g/mol. The van der Waals surface area contributed by atoms with Crippen LogP contribution in [-0.4, -0.2) is 43.8 Å². The minimum atomic E-state index is -4.21. The number of sulfonamides is 1. The number of aryl methyl sites for hydroxylation is 1. The van der Waals surface area contributed by atoms with Gasteiger partial charge in [-0.15, -0.1) is 0 Å². The van der Waals surface area contributed by atoms with Crippen LogP contribution in [0.15, 0.2) is 41.3 Å². The van der Waals surface area contributed by atoms with Gasteiger partial charge in [-0.25, -0.2) is 21.6 Å². The molecule has 0 aromatic heterocycles. The molecule has 0 atom stereocenters. The molecule has 1 fully saturated rings. The average Bonchev–Trinajstić information content (AvgIpc) is 2.60. The molecule has 0 amide bonds. The molecule has 0 radical (unpaired) electrons. The zero-order valence-corrected chi connectivity index (χ0v) is 15.1. The maximum atomic E-state index is 13.9. The molecule has 0 N–H and O–H groups in total. The van der Waals surface area contributed by atoms with Gasteiger partial charge in [-0.1, -0.05) is 29.8 Å². The second kappa shape index (κ2) is 7.38. The van der Waals surface area contributed by atoms with Crippen LogP contribution in [0.4, 0.5) is 13.2 Å². The summed E-state index contributed by atoms with van der Waals surface area (Å²) in [6.45, 7) is 3.95. The summed E-state index contributed by atoms with van der Waals surface area (Å²) in [7, 11) is -4.21. The van der Waals surface area contributed by atoms with E-state index in [0.29, 0.717) is 25.7 Å². The van der Waals surface area contributed by atoms with Crippen LogP contribution in [0.25, 0.3) is 0 Å². The van der Waals surface area contributed by atoms with Gasteiger partial charge in [0.15, 0.2) is 17.5 Å². The third-order valence-electron chi connectivity index (χ3n) is 4.44. The van der Waals surface area contributed by atoms with Gasteiger partial charge in [0.1, 0.15) is 4.90 Å². The molecule has 26 heavy (non-hydrogen) atoms. The zero-order chi connectivity index (χ0) is 18.9. The predicted octanol–water partition coefficient (Wildman–Crippen LogP) is 2.92. The first-order valence-corrected chi connectivity index (χ1v) is 9.64. The van der Waals surface area contributed by atoms with Crippen molar-refractivity contribution < 1.29 is 21.6 Å². The Hall–Kier alpha value is -1.90. The zero-order valence-electron chi connectivity index (χ0n) is 14.3. The van der Waals surface area contributed by atoms with Crippen molar-refractivity contribution in [2.45, 2.75) is 18.4 Å². The molecule has 1 aliphatic heterocycles. The summed E-state index contributed by atoms with van der Waals surface area (Å²) in [6, 6.07) is 9.44. The van der Waals surface area contributed by atoms with Crippen LogP contribution >= 0.6 is 0 Å². The number of rotatable bonds is 4. The molecule has 0 unspecified atom stereocenters. The maximum absolute atomic E-state index is 13.9. The van der Waals surface area contributed by atoms with Gasteiger partial charge in [0.05, 0.1) is 0 Å². The number of hydrogen-bond acceptors (Lipinski definition) is 3. The Balaban J connectivity index is 1.70. The summed E-state index contributed by atoms with van der Waals surface area (Å²) >= 11 is 0. The van der Waals surface area contributed by atoms with Crippen LogP contribution in [-0.2, 0) is 16.6 Å². The number of nitrogens with zero attached hydrogens (tertiary/aromatic N) is 2. The first kappa shape index (κ1) is 18.9. The van der Waals surface area contributed by atoms with E-state index < -0.39 is 32.4 Å². The highest BCUT2D eigenvalue weighted by atomic mass is 32.2. The molecule has 2 aromatic rings. The van der Waals surface area contributed by atoms with Gasteiger partial charge < -0.3 is 0 Å². The van der Waals surface area contributed by atoms with Gasteiger partial charge in [0.25, 0.3) is 0 Å². The van der Waals surface area contributed by atoms with Gasteiger partial charge >= 0.3 is 0 Å². The Morgan fingerprint density at radius 1 is 0.962 bits per heavy atom. The quantitative estimate of drug-likeness (QED) is 0.761. The highest BCUT2D eigenvalue weighted by Crippen LogP contribution is 2.24. The molecule has 140 valence electrons. The highest BCUT2D eigenvalue weighted by Gasteiger charge is 2.32. The molecule has 0 saturated carbocycles. The van der Waals surface area contributed by atoms with E-state index in [0.717, 1.165) is 21.5 Å². The highest BCUT2D eigenvalue weighted by molar-refractivity contribution is 7.89. The fraction of sp³-hybridized carbons (Fsp3) is 0.333. The van der Waals surface area contributed by atoms with Crippen molar-refractivity contribution in [3.8, 4) is 0 Å². The third-order valence-corrected chi connectivity index (χ3v) is 6.35. The number of benzene rings is 2. The number of hydrogen-bond donors (Lipinski definition) is 0. The van der Waals surface area contributed by atoms with Crippen molar-refractivity contribution in [1.29, 1.82) is 0 Å². The smallest absolute Gasteiger partial charge is 0.246 e. The first-order valence-electron chi connectivity index (χ1n) is 8.20. The lowest BCUT2D eigenvalue weighted by Gasteiger charge is -2.34.